The molecule has 1 aromatic heterocycles. The molecule has 2 rings (SSSR count). The Kier molecular flexibility index (Phi) is 3.63. The predicted octanol–water partition coefficient (Wildman–Crippen LogP) is 1.11. The van der Waals surface area contributed by atoms with E-state index in [0.717, 1.165) is 12.8 Å². The molecule has 1 unspecified atom stereocenters. The van der Waals surface area contributed by atoms with Crippen LogP contribution in [0.3, 0.4) is 0 Å². The number of thiophene rings is 1. The molecule has 90 valence electrons. The van der Waals surface area contributed by atoms with Crippen LogP contribution in [-0.2, 0) is 10.0 Å². The second kappa shape index (κ2) is 4.83. The Labute approximate surface area is 100 Å². The summed E-state index contributed by atoms with van der Waals surface area (Å²) < 4.78 is 26.4. The molecule has 0 aromatic carbocycles. The Morgan fingerprint density at radius 2 is 2.38 bits per heavy atom. The van der Waals surface area contributed by atoms with E-state index in [4.69, 9.17) is 5.73 Å². The van der Waals surface area contributed by atoms with Gasteiger partial charge in [-0.3, -0.25) is 0 Å². The van der Waals surface area contributed by atoms with E-state index in [2.05, 4.69) is 0 Å². The Bertz CT molecular complexity index is 428. The van der Waals surface area contributed by atoms with Gasteiger partial charge in [0.05, 0.1) is 0 Å². The molecule has 0 bridgehead atoms. The minimum absolute atomic E-state index is 0.309. The number of hydrogen-bond donors (Lipinski definition) is 1. The first kappa shape index (κ1) is 12.0. The minimum atomic E-state index is -3.27. The average Bonchev–Trinajstić information content (AvgIpc) is 2.83. The summed E-state index contributed by atoms with van der Waals surface area (Å²) in [5, 5.41) is 1.79. The van der Waals surface area contributed by atoms with Crippen LogP contribution in [0.4, 0.5) is 0 Å². The molecule has 0 aliphatic carbocycles. The van der Waals surface area contributed by atoms with Crippen molar-refractivity contribution in [2.75, 3.05) is 19.6 Å². The number of piperidine rings is 1. The molecule has 1 saturated heterocycles. The lowest BCUT2D eigenvalue weighted by Gasteiger charge is -2.30. The summed E-state index contributed by atoms with van der Waals surface area (Å²) >= 11 is 1.27. The molecule has 2 heterocycles. The molecule has 0 spiro atoms. The molecule has 16 heavy (non-hydrogen) atoms. The lowest BCUT2D eigenvalue weighted by atomic mass is 10.0. The van der Waals surface area contributed by atoms with Gasteiger partial charge in [-0.15, -0.1) is 11.3 Å². The van der Waals surface area contributed by atoms with Crippen LogP contribution in [0, 0.1) is 5.92 Å². The van der Waals surface area contributed by atoms with Gasteiger partial charge in [0.15, 0.2) is 0 Å². The van der Waals surface area contributed by atoms with E-state index >= 15 is 0 Å². The van der Waals surface area contributed by atoms with E-state index in [0.29, 0.717) is 29.8 Å². The molecule has 6 heteroatoms. The zero-order chi connectivity index (χ0) is 11.6. The molecule has 0 radical (unpaired) electrons. The summed E-state index contributed by atoms with van der Waals surface area (Å²) in [6.45, 7) is 1.75. The highest BCUT2D eigenvalue weighted by Gasteiger charge is 2.30. The molecular formula is C10H16N2O2S2. The van der Waals surface area contributed by atoms with Gasteiger partial charge in [-0.25, -0.2) is 8.42 Å². The highest BCUT2D eigenvalue weighted by Crippen LogP contribution is 2.25. The quantitative estimate of drug-likeness (QED) is 0.885. The van der Waals surface area contributed by atoms with Crippen molar-refractivity contribution in [3.05, 3.63) is 17.5 Å². The number of nitrogens with two attached hydrogens (primary N) is 1. The standard InChI is InChI=1S/C10H16N2O2S2/c11-7-9-3-1-5-12(8-9)16(13,14)10-4-2-6-15-10/h2,4,6,9H,1,3,5,7-8,11H2. The predicted molar refractivity (Wildman–Crippen MR) is 64.9 cm³/mol. The lowest BCUT2D eigenvalue weighted by Crippen LogP contribution is -2.41. The van der Waals surface area contributed by atoms with Gasteiger partial charge < -0.3 is 5.73 Å². The largest absolute Gasteiger partial charge is 0.330 e. The molecule has 0 amide bonds. The van der Waals surface area contributed by atoms with Crippen molar-refractivity contribution in [1.29, 1.82) is 0 Å². The van der Waals surface area contributed by atoms with E-state index in [1.165, 1.54) is 11.3 Å². The van der Waals surface area contributed by atoms with Crippen molar-refractivity contribution < 1.29 is 8.42 Å². The Hall–Kier alpha value is -0.430. The van der Waals surface area contributed by atoms with Gasteiger partial charge in [0.1, 0.15) is 4.21 Å². The van der Waals surface area contributed by atoms with Crippen LogP contribution in [-0.4, -0.2) is 32.4 Å². The van der Waals surface area contributed by atoms with Crippen LogP contribution in [0.2, 0.25) is 0 Å². The molecule has 2 N–H and O–H groups in total. The van der Waals surface area contributed by atoms with Crippen molar-refractivity contribution in [1.82, 2.24) is 4.31 Å². The summed E-state index contributed by atoms with van der Waals surface area (Å²) in [5.74, 6) is 0.309. The molecule has 1 aromatic rings. The van der Waals surface area contributed by atoms with Crippen molar-refractivity contribution in [3.8, 4) is 0 Å². The van der Waals surface area contributed by atoms with Crippen LogP contribution in [0.15, 0.2) is 21.7 Å². The summed E-state index contributed by atoms with van der Waals surface area (Å²) in [7, 11) is -3.27. The highest BCUT2D eigenvalue weighted by molar-refractivity contribution is 7.91. The first-order valence-corrected chi connectivity index (χ1v) is 7.70. The Balaban J connectivity index is 2.18. The van der Waals surface area contributed by atoms with Gasteiger partial charge in [0.2, 0.25) is 0 Å². The fraction of sp³-hybridized carbons (Fsp3) is 0.600. The SMILES string of the molecule is NCC1CCCN(S(=O)(=O)c2cccs2)C1. The van der Waals surface area contributed by atoms with E-state index in [9.17, 15) is 8.42 Å². The van der Waals surface area contributed by atoms with Gasteiger partial charge in [-0.1, -0.05) is 6.07 Å². The third-order valence-corrected chi connectivity index (χ3v) is 6.14. The fourth-order valence-electron chi connectivity index (χ4n) is 1.98. The number of nitrogens with zero attached hydrogens (tertiary/aromatic N) is 1. The third kappa shape index (κ3) is 2.29. The summed E-state index contributed by atoms with van der Waals surface area (Å²) in [4.78, 5) is 0. The molecule has 4 nitrogen and oxygen atoms in total. The third-order valence-electron chi connectivity index (χ3n) is 2.90. The summed E-state index contributed by atoms with van der Waals surface area (Å²) in [5.41, 5.74) is 5.61. The first-order chi connectivity index (χ1) is 7.64. The zero-order valence-electron chi connectivity index (χ0n) is 9.00. The second-order valence-corrected chi connectivity index (χ2v) is 7.15. The van der Waals surface area contributed by atoms with Gasteiger partial charge in [-0.2, -0.15) is 4.31 Å². The fourth-order valence-corrected chi connectivity index (χ4v) is 4.67. The number of sulfonamides is 1. The Morgan fingerprint density at radius 3 is 3.00 bits per heavy atom. The molecular weight excluding hydrogens is 244 g/mol. The van der Waals surface area contributed by atoms with Crippen molar-refractivity contribution in [2.45, 2.75) is 17.1 Å². The second-order valence-electron chi connectivity index (χ2n) is 4.04. The maximum atomic E-state index is 12.2. The van der Waals surface area contributed by atoms with Crippen LogP contribution >= 0.6 is 11.3 Å². The molecule has 1 atom stereocenters. The molecule has 1 fully saturated rings. The average molecular weight is 260 g/mol. The summed E-state index contributed by atoms with van der Waals surface area (Å²) in [6.07, 6.45) is 1.94. The van der Waals surface area contributed by atoms with E-state index in [-0.39, 0.29) is 0 Å². The van der Waals surface area contributed by atoms with Gasteiger partial charge in [0, 0.05) is 13.1 Å². The van der Waals surface area contributed by atoms with Crippen LogP contribution in [0.25, 0.3) is 0 Å². The molecule has 1 aliphatic rings. The van der Waals surface area contributed by atoms with Crippen molar-refractivity contribution in [2.24, 2.45) is 11.7 Å². The highest BCUT2D eigenvalue weighted by atomic mass is 32.2. The van der Waals surface area contributed by atoms with E-state index in [1.807, 2.05) is 0 Å². The summed E-state index contributed by atoms with van der Waals surface area (Å²) in [6, 6.07) is 3.42. The zero-order valence-corrected chi connectivity index (χ0v) is 10.6. The van der Waals surface area contributed by atoms with Crippen LogP contribution in [0.5, 0.6) is 0 Å². The van der Waals surface area contributed by atoms with Gasteiger partial charge in [-0.05, 0) is 36.8 Å². The van der Waals surface area contributed by atoms with Crippen molar-refractivity contribution >= 4 is 21.4 Å². The normalized spacial score (nSPS) is 23.4. The van der Waals surface area contributed by atoms with Crippen molar-refractivity contribution in [3.63, 3.8) is 0 Å². The monoisotopic (exact) mass is 260 g/mol. The van der Waals surface area contributed by atoms with Crippen LogP contribution in [0.1, 0.15) is 12.8 Å². The van der Waals surface area contributed by atoms with E-state index < -0.39 is 10.0 Å². The first-order valence-electron chi connectivity index (χ1n) is 5.38. The number of rotatable bonds is 3. The minimum Gasteiger partial charge on any atom is -0.330 e. The Morgan fingerprint density at radius 1 is 1.56 bits per heavy atom. The van der Waals surface area contributed by atoms with Crippen LogP contribution < -0.4 is 5.73 Å². The van der Waals surface area contributed by atoms with Gasteiger partial charge in [0.25, 0.3) is 10.0 Å². The smallest absolute Gasteiger partial charge is 0.252 e. The molecule has 1 aliphatic heterocycles. The maximum absolute atomic E-state index is 12.2. The topological polar surface area (TPSA) is 63.4 Å². The lowest BCUT2D eigenvalue weighted by molar-refractivity contribution is 0.272. The molecule has 0 saturated carbocycles. The number of hydrogen-bond acceptors (Lipinski definition) is 4. The maximum Gasteiger partial charge on any atom is 0.252 e. The van der Waals surface area contributed by atoms with E-state index in [1.54, 1.807) is 21.8 Å². The van der Waals surface area contributed by atoms with Gasteiger partial charge >= 0.3 is 0 Å².